The van der Waals surface area contributed by atoms with Gasteiger partial charge in [-0.3, -0.25) is 0 Å². The van der Waals surface area contributed by atoms with Crippen LogP contribution in [0.2, 0.25) is 0 Å². The number of benzene rings is 1. The molecule has 0 saturated heterocycles. The zero-order chi connectivity index (χ0) is 13.1. The van der Waals surface area contributed by atoms with E-state index in [2.05, 4.69) is 4.98 Å². The first kappa shape index (κ1) is 12.4. The highest BCUT2D eigenvalue weighted by atomic mass is 16.5. The molecule has 0 fully saturated rings. The Bertz CT molecular complexity index is 550. The Labute approximate surface area is 107 Å². The van der Waals surface area contributed by atoms with Gasteiger partial charge in [-0.2, -0.15) is 0 Å². The molecule has 0 aliphatic heterocycles. The molecular weight excluding hydrogens is 226 g/mol. The largest absolute Gasteiger partial charge is 0.493 e. The monoisotopic (exact) mass is 243 g/mol. The van der Waals surface area contributed by atoms with Crippen molar-refractivity contribution in [1.29, 1.82) is 0 Å². The van der Waals surface area contributed by atoms with Crippen LogP contribution in [0.25, 0.3) is 0 Å². The summed E-state index contributed by atoms with van der Waals surface area (Å²) in [7, 11) is 0. The van der Waals surface area contributed by atoms with Crippen molar-refractivity contribution in [3.63, 3.8) is 0 Å². The third kappa shape index (κ3) is 2.45. The third-order valence-corrected chi connectivity index (χ3v) is 3.07. The lowest BCUT2D eigenvalue weighted by Gasteiger charge is -2.14. The third-order valence-electron chi connectivity index (χ3n) is 3.07. The second kappa shape index (κ2) is 5.08. The summed E-state index contributed by atoms with van der Waals surface area (Å²) >= 11 is 0. The SMILES string of the molecule is Cc1nc(O)c(C)c(C)c1OCc1ccccc1. The lowest BCUT2D eigenvalue weighted by atomic mass is 10.1. The van der Waals surface area contributed by atoms with Crippen molar-refractivity contribution in [3.8, 4) is 11.6 Å². The van der Waals surface area contributed by atoms with Crippen molar-refractivity contribution in [2.75, 3.05) is 0 Å². The Hall–Kier alpha value is -2.03. The Balaban J connectivity index is 2.22. The Morgan fingerprint density at radius 2 is 1.72 bits per heavy atom. The van der Waals surface area contributed by atoms with Crippen molar-refractivity contribution in [2.24, 2.45) is 0 Å². The maximum atomic E-state index is 9.62. The van der Waals surface area contributed by atoms with Gasteiger partial charge in [0.25, 0.3) is 0 Å². The predicted molar refractivity (Wildman–Crippen MR) is 70.9 cm³/mol. The van der Waals surface area contributed by atoms with Gasteiger partial charge in [0.2, 0.25) is 5.88 Å². The highest BCUT2D eigenvalue weighted by Gasteiger charge is 2.12. The molecule has 0 atom stereocenters. The molecule has 0 radical (unpaired) electrons. The first-order chi connectivity index (χ1) is 8.59. The fourth-order valence-corrected chi connectivity index (χ4v) is 1.85. The van der Waals surface area contributed by atoms with Crippen LogP contribution in [0.15, 0.2) is 30.3 Å². The van der Waals surface area contributed by atoms with E-state index in [-0.39, 0.29) is 5.88 Å². The number of hydrogen-bond donors (Lipinski definition) is 1. The molecule has 3 heteroatoms. The van der Waals surface area contributed by atoms with E-state index in [0.717, 1.165) is 22.4 Å². The van der Waals surface area contributed by atoms with Crippen LogP contribution in [0.3, 0.4) is 0 Å². The molecule has 2 aromatic rings. The van der Waals surface area contributed by atoms with Crippen LogP contribution in [0, 0.1) is 20.8 Å². The van der Waals surface area contributed by atoms with Crippen LogP contribution in [0.1, 0.15) is 22.4 Å². The number of aromatic hydroxyl groups is 1. The fraction of sp³-hybridized carbons (Fsp3) is 0.267. The maximum Gasteiger partial charge on any atom is 0.214 e. The number of nitrogens with zero attached hydrogens (tertiary/aromatic N) is 1. The molecule has 2 rings (SSSR count). The lowest BCUT2D eigenvalue weighted by Crippen LogP contribution is -2.02. The average Bonchev–Trinajstić information content (AvgIpc) is 2.37. The highest BCUT2D eigenvalue weighted by molar-refractivity contribution is 5.45. The number of ether oxygens (including phenoxy) is 1. The molecule has 0 amide bonds. The summed E-state index contributed by atoms with van der Waals surface area (Å²) in [5, 5.41) is 9.62. The van der Waals surface area contributed by atoms with Gasteiger partial charge in [0.1, 0.15) is 12.4 Å². The topological polar surface area (TPSA) is 42.4 Å². The minimum atomic E-state index is 0.0806. The maximum absolute atomic E-state index is 9.62. The first-order valence-electron chi connectivity index (χ1n) is 5.93. The smallest absolute Gasteiger partial charge is 0.214 e. The van der Waals surface area contributed by atoms with Crippen LogP contribution in [-0.2, 0) is 6.61 Å². The summed E-state index contributed by atoms with van der Waals surface area (Å²) in [5.74, 6) is 0.839. The fourth-order valence-electron chi connectivity index (χ4n) is 1.85. The molecule has 0 aliphatic carbocycles. The second-order valence-corrected chi connectivity index (χ2v) is 4.37. The zero-order valence-corrected chi connectivity index (χ0v) is 10.9. The normalized spacial score (nSPS) is 10.4. The molecule has 1 heterocycles. The minimum Gasteiger partial charge on any atom is -0.493 e. The van der Waals surface area contributed by atoms with Gasteiger partial charge in [0.15, 0.2) is 0 Å². The van der Waals surface area contributed by atoms with E-state index in [4.69, 9.17) is 4.74 Å². The van der Waals surface area contributed by atoms with Gasteiger partial charge < -0.3 is 9.84 Å². The molecule has 0 bridgehead atoms. The number of hydrogen-bond acceptors (Lipinski definition) is 3. The van der Waals surface area contributed by atoms with E-state index in [9.17, 15) is 5.11 Å². The Morgan fingerprint density at radius 1 is 1.06 bits per heavy atom. The van der Waals surface area contributed by atoms with E-state index in [1.807, 2.05) is 51.1 Å². The van der Waals surface area contributed by atoms with Crippen LogP contribution < -0.4 is 4.74 Å². The van der Waals surface area contributed by atoms with Gasteiger partial charge in [-0.25, -0.2) is 4.98 Å². The summed E-state index contributed by atoms with van der Waals surface area (Å²) < 4.78 is 5.82. The second-order valence-electron chi connectivity index (χ2n) is 4.37. The number of rotatable bonds is 3. The Kier molecular flexibility index (Phi) is 3.51. The van der Waals surface area contributed by atoms with Crippen LogP contribution in [-0.4, -0.2) is 10.1 Å². The predicted octanol–water partition coefficient (Wildman–Crippen LogP) is 3.29. The number of aromatic nitrogens is 1. The van der Waals surface area contributed by atoms with Gasteiger partial charge in [-0.1, -0.05) is 30.3 Å². The summed E-state index contributed by atoms with van der Waals surface area (Å²) in [6, 6.07) is 9.99. The van der Waals surface area contributed by atoms with Crippen molar-refractivity contribution in [2.45, 2.75) is 27.4 Å². The van der Waals surface area contributed by atoms with Gasteiger partial charge in [-0.05, 0) is 26.3 Å². The van der Waals surface area contributed by atoms with E-state index in [0.29, 0.717) is 12.3 Å². The molecule has 0 saturated carbocycles. The van der Waals surface area contributed by atoms with E-state index in [1.165, 1.54) is 0 Å². The van der Waals surface area contributed by atoms with Gasteiger partial charge >= 0.3 is 0 Å². The van der Waals surface area contributed by atoms with Crippen LogP contribution in [0.5, 0.6) is 11.6 Å². The quantitative estimate of drug-likeness (QED) is 0.899. The van der Waals surface area contributed by atoms with Crippen LogP contribution >= 0.6 is 0 Å². The van der Waals surface area contributed by atoms with E-state index in [1.54, 1.807) is 0 Å². The van der Waals surface area contributed by atoms with Gasteiger partial charge in [-0.15, -0.1) is 0 Å². The molecular formula is C15H17NO2. The summed E-state index contributed by atoms with van der Waals surface area (Å²) in [4.78, 5) is 4.08. The molecule has 0 spiro atoms. The molecule has 0 aliphatic rings. The first-order valence-corrected chi connectivity index (χ1v) is 5.93. The number of pyridine rings is 1. The standard InChI is InChI=1S/C15H17NO2/c1-10-11(2)15(17)16-12(3)14(10)18-9-13-7-5-4-6-8-13/h4-8H,9H2,1-3H3,(H,16,17). The van der Waals surface area contributed by atoms with Crippen LogP contribution in [0.4, 0.5) is 0 Å². The number of aryl methyl sites for hydroxylation is 1. The molecule has 3 nitrogen and oxygen atoms in total. The average molecular weight is 243 g/mol. The molecule has 1 aromatic carbocycles. The van der Waals surface area contributed by atoms with E-state index < -0.39 is 0 Å². The summed E-state index contributed by atoms with van der Waals surface area (Å²) in [6.07, 6.45) is 0. The van der Waals surface area contributed by atoms with Gasteiger partial charge in [0, 0.05) is 11.1 Å². The Morgan fingerprint density at radius 3 is 2.39 bits per heavy atom. The molecule has 94 valence electrons. The van der Waals surface area contributed by atoms with Crippen molar-refractivity contribution in [1.82, 2.24) is 4.98 Å². The molecule has 18 heavy (non-hydrogen) atoms. The van der Waals surface area contributed by atoms with Crippen molar-refractivity contribution in [3.05, 3.63) is 52.7 Å². The van der Waals surface area contributed by atoms with Crippen molar-refractivity contribution >= 4 is 0 Å². The highest BCUT2D eigenvalue weighted by Crippen LogP contribution is 2.29. The summed E-state index contributed by atoms with van der Waals surface area (Å²) in [6.45, 7) is 6.12. The molecule has 1 aromatic heterocycles. The lowest BCUT2D eigenvalue weighted by molar-refractivity contribution is 0.298. The van der Waals surface area contributed by atoms with Gasteiger partial charge in [0.05, 0.1) is 5.69 Å². The summed E-state index contributed by atoms with van der Waals surface area (Å²) in [5.41, 5.74) is 3.54. The minimum absolute atomic E-state index is 0.0806. The molecule has 0 unspecified atom stereocenters. The molecule has 1 N–H and O–H groups in total. The van der Waals surface area contributed by atoms with E-state index >= 15 is 0 Å². The van der Waals surface area contributed by atoms with Crippen molar-refractivity contribution < 1.29 is 9.84 Å². The zero-order valence-electron chi connectivity index (χ0n) is 10.9.